The van der Waals surface area contributed by atoms with E-state index in [1.807, 2.05) is 24.3 Å². The molecule has 0 bridgehead atoms. The lowest BCUT2D eigenvalue weighted by Crippen LogP contribution is -2.16. The summed E-state index contributed by atoms with van der Waals surface area (Å²) in [6.07, 6.45) is 0.246. The van der Waals surface area contributed by atoms with Crippen LogP contribution in [0.1, 0.15) is 22.8 Å². The van der Waals surface area contributed by atoms with E-state index in [0.29, 0.717) is 11.3 Å². The van der Waals surface area contributed by atoms with Crippen molar-refractivity contribution in [1.29, 1.82) is 0 Å². The van der Waals surface area contributed by atoms with Crippen molar-refractivity contribution >= 4 is 17.4 Å². The third-order valence-corrected chi connectivity index (χ3v) is 3.10. The van der Waals surface area contributed by atoms with Crippen molar-refractivity contribution in [3.63, 3.8) is 0 Å². The van der Waals surface area contributed by atoms with Crippen LogP contribution >= 0.6 is 0 Å². The molecule has 2 aromatic rings. The Morgan fingerprint density at radius 2 is 1.71 bits per heavy atom. The van der Waals surface area contributed by atoms with E-state index in [9.17, 15) is 9.59 Å². The number of amides is 1. The quantitative estimate of drug-likeness (QED) is 0.858. The van der Waals surface area contributed by atoms with E-state index < -0.39 is 0 Å². The first-order chi connectivity index (χ1) is 10.1. The Balaban J connectivity index is 2.06. The van der Waals surface area contributed by atoms with Crippen LogP contribution in [0.5, 0.6) is 5.75 Å². The number of anilines is 1. The first-order valence-electron chi connectivity index (χ1n) is 6.63. The number of benzene rings is 2. The van der Waals surface area contributed by atoms with Gasteiger partial charge in [-0.15, -0.1) is 0 Å². The van der Waals surface area contributed by atoms with Crippen LogP contribution in [0, 0.1) is 0 Å². The molecule has 0 saturated heterocycles. The third kappa shape index (κ3) is 3.92. The zero-order chi connectivity index (χ0) is 15.2. The molecule has 0 fully saturated rings. The molecule has 4 nitrogen and oxygen atoms in total. The number of hydrogen-bond acceptors (Lipinski definition) is 3. The van der Waals surface area contributed by atoms with Crippen molar-refractivity contribution in [2.24, 2.45) is 0 Å². The topological polar surface area (TPSA) is 55.4 Å². The first-order valence-corrected chi connectivity index (χ1v) is 6.63. The van der Waals surface area contributed by atoms with Gasteiger partial charge in [-0.25, -0.2) is 0 Å². The zero-order valence-corrected chi connectivity index (χ0v) is 12.1. The standard InChI is InChI=1S/C17H17NO3/c1-12(19)15-5-3-4-6-16(15)18-17(20)11-13-7-9-14(21-2)10-8-13/h3-10H,11H2,1-2H3,(H,18,20). The van der Waals surface area contributed by atoms with Crippen LogP contribution in [-0.2, 0) is 11.2 Å². The number of para-hydroxylation sites is 1. The van der Waals surface area contributed by atoms with Gasteiger partial charge in [-0.3, -0.25) is 9.59 Å². The summed E-state index contributed by atoms with van der Waals surface area (Å²) in [6.45, 7) is 1.48. The van der Waals surface area contributed by atoms with E-state index >= 15 is 0 Å². The maximum atomic E-state index is 12.1. The molecule has 0 spiro atoms. The highest BCUT2D eigenvalue weighted by Gasteiger charge is 2.10. The van der Waals surface area contributed by atoms with Crippen LogP contribution in [0.4, 0.5) is 5.69 Å². The summed E-state index contributed by atoms with van der Waals surface area (Å²) in [5.41, 5.74) is 1.94. The number of nitrogens with one attached hydrogen (secondary N) is 1. The summed E-state index contributed by atoms with van der Waals surface area (Å²) in [7, 11) is 1.60. The van der Waals surface area contributed by atoms with Gasteiger partial charge in [-0.1, -0.05) is 24.3 Å². The number of carbonyl (C=O) groups is 2. The summed E-state index contributed by atoms with van der Waals surface area (Å²) in [5.74, 6) is 0.519. The summed E-state index contributed by atoms with van der Waals surface area (Å²) < 4.78 is 5.07. The van der Waals surface area contributed by atoms with Crippen LogP contribution in [0.25, 0.3) is 0 Å². The number of ketones is 1. The van der Waals surface area contributed by atoms with E-state index in [1.165, 1.54) is 6.92 Å². The highest BCUT2D eigenvalue weighted by atomic mass is 16.5. The molecule has 0 unspecified atom stereocenters. The van der Waals surface area contributed by atoms with Crippen LogP contribution in [0.2, 0.25) is 0 Å². The second kappa shape index (κ2) is 6.70. The molecule has 0 aliphatic carbocycles. The molecule has 2 aromatic carbocycles. The molecule has 0 atom stereocenters. The van der Waals surface area contributed by atoms with Gasteiger partial charge in [0.05, 0.1) is 19.2 Å². The molecular weight excluding hydrogens is 266 g/mol. The minimum Gasteiger partial charge on any atom is -0.497 e. The lowest BCUT2D eigenvalue weighted by molar-refractivity contribution is -0.115. The fourth-order valence-electron chi connectivity index (χ4n) is 2.02. The van der Waals surface area contributed by atoms with Gasteiger partial charge < -0.3 is 10.1 Å². The molecule has 0 radical (unpaired) electrons. The normalized spacial score (nSPS) is 10.0. The van der Waals surface area contributed by atoms with Gasteiger partial charge in [-0.2, -0.15) is 0 Å². The number of rotatable bonds is 5. The predicted molar refractivity (Wildman–Crippen MR) is 81.8 cm³/mol. The van der Waals surface area contributed by atoms with E-state index in [0.717, 1.165) is 11.3 Å². The molecule has 0 saturated carbocycles. The van der Waals surface area contributed by atoms with Crippen LogP contribution in [0.3, 0.4) is 0 Å². The van der Waals surface area contributed by atoms with E-state index in [-0.39, 0.29) is 18.1 Å². The fraction of sp³-hybridized carbons (Fsp3) is 0.176. The molecule has 2 rings (SSSR count). The Labute approximate surface area is 123 Å². The SMILES string of the molecule is COc1ccc(CC(=O)Nc2ccccc2C(C)=O)cc1. The van der Waals surface area contributed by atoms with Crippen molar-refractivity contribution in [3.05, 3.63) is 59.7 Å². The van der Waals surface area contributed by atoms with Crippen molar-refractivity contribution < 1.29 is 14.3 Å². The van der Waals surface area contributed by atoms with Gasteiger partial charge in [0, 0.05) is 5.56 Å². The lowest BCUT2D eigenvalue weighted by Gasteiger charge is -2.09. The highest BCUT2D eigenvalue weighted by molar-refractivity contribution is 6.04. The first kappa shape index (κ1) is 14.8. The maximum Gasteiger partial charge on any atom is 0.228 e. The molecule has 0 aliphatic rings. The predicted octanol–water partition coefficient (Wildman–Crippen LogP) is 3.08. The molecule has 0 aliphatic heterocycles. The van der Waals surface area contributed by atoms with Gasteiger partial charge in [-0.05, 0) is 36.8 Å². The summed E-state index contributed by atoms with van der Waals surface area (Å²) in [5, 5.41) is 2.78. The monoisotopic (exact) mass is 283 g/mol. The molecular formula is C17H17NO3. The van der Waals surface area contributed by atoms with Gasteiger partial charge in [0.1, 0.15) is 5.75 Å². The van der Waals surface area contributed by atoms with Crippen molar-refractivity contribution in [2.45, 2.75) is 13.3 Å². The van der Waals surface area contributed by atoms with Crippen LogP contribution in [-0.4, -0.2) is 18.8 Å². The van der Waals surface area contributed by atoms with Crippen molar-refractivity contribution in [2.75, 3.05) is 12.4 Å². The Kier molecular flexibility index (Phi) is 4.72. The number of methoxy groups -OCH3 is 1. The van der Waals surface area contributed by atoms with Crippen LogP contribution < -0.4 is 10.1 Å². The number of hydrogen-bond donors (Lipinski definition) is 1. The second-order valence-corrected chi connectivity index (χ2v) is 4.67. The van der Waals surface area contributed by atoms with Crippen LogP contribution in [0.15, 0.2) is 48.5 Å². The molecule has 0 heterocycles. The second-order valence-electron chi connectivity index (χ2n) is 4.67. The van der Waals surface area contributed by atoms with Crippen molar-refractivity contribution in [3.8, 4) is 5.75 Å². The molecule has 108 valence electrons. The van der Waals surface area contributed by atoms with E-state index in [4.69, 9.17) is 4.74 Å². The Bertz CT molecular complexity index is 647. The number of carbonyl (C=O) groups excluding carboxylic acids is 2. The average Bonchev–Trinajstić information content (AvgIpc) is 2.48. The average molecular weight is 283 g/mol. The lowest BCUT2D eigenvalue weighted by atomic mass is 10.1. The molecule has 1 amide bonds. The minimum atomic E-state index is -0.158. The van der Waals surface area contributed by atoms with Crippen molar-refractivity contribution in [1.82, 2.24) is 0 Å². The zero-order valence-electron chi connectivity index (χ0n) is 12.1. The minimum absolute atomic E-state index is 0.0738. The third-order valence-electron chi connectivity index (χ3n) is 3.10. The Morgan fingerprint density at radius 3 is 2.33 bits per heavy atom. The van der Waals surface area contributed by atoms with Gasteiger partial charge in [0.2, 0.25) is 5.91 Å². The summed E-state index contributed by atoms with van der Waals surface area (Å²) in [4.78, 5) is 23.6. The van der Waals surface area contributed by atoms with Gasteiger partial charge in [0.15, 0.2) is 5.78 Å². The van der Waals surface area contributed by atoms with E-state index in [1.54, 1.807) is 31.4 Å². The van der Waals surface area contributed by atoms with Gasteiger partial charge >= 0.3 is 0 Å². The molecule has 4 heteroatoms. The highest BCUT2D eigenvalue weighted by Crippen LogP contribution is 2.17. The number of ether oxygens (including phenoxy) is 1. The smallest absolute Gasteiger partial charge is 0.228 e. The number of Topliss-reactive ketones (excluding diaryl/α,β-unsaturated/α-hetero) is 1. The fourth-order valence-corrected chi connectivity index (χ4v) is 2.02. The van der Waals surface area contributed by atoms with Gasteiger partial charge in [0.25, 0.3) is 0 Å². The van der Waals surface area contributed by atoms with E-state index in [2.05, 4.69) is 5.32 Å². The Hall–Kier alpha value is -2.62. The Morgan fingerprint density at radius 1 is 1.05 bits per heavy atom. The molecule has 0 aromatic heterocycles. The molecule has 21 heavy (non-hydrogen) atoms. The molecule has 1 N–H and O–H groups in total. The maximum absolute atomic E-state index is 12.1. The summed E-state index contributed by atoms with van der Waals surface area (Å²) >= 11 is 0. The largest absolute Gasteiger partial charge is 0.497 e. The summed E-state index contributed by atoms with van der Waals surface area (Å²) in [6, 6.07) is 14.3.